The summed E-state index contributed by atoms with van der Waals surface area (Å²) in [7, 11) is 3.23. The molecule has 3 aromatic rings. The summed E-state index contributed by atoms with van der Waals surface area (Å²) >= 11 is 0. The minimum absolute atomic E-state index is 0.0132. The van der Waals surface area contributed by atoms with Crippen LogP contribution in [0.25, 0.3) is 0 Å². The molecule has 20 heteroatoms. The predicted molar refractivity (Wildman–Crippen MR) is 246 cm³/mol. The number of carbonyl (C=O) groups excluding carboxylic acids is 2. The number of carbonyl (C=O) groups is 2. The van der Waals surface area contributed by atoms with E-state index in [0.29, 0.717) is 128 Å². The first-order valence-electron chi connectivity index (χ1n) is 22.6. The van der Waals surface area contributed by atoms with E-state index in [0.717, 1.165) is 9.13 Å². The van der Waals surface area contributed by atoms with Crippen LogP contribution in [-0.4, -0.2) is 149 Å². The zero-order valence-corrected chi connectivity index (χ0v) is 39.7. The number of amides is 2. The van der Waals surface area contributed by atoms with E-state index in [1.807, 2.05) is 13.8 Å². The monoisotopic (exact) mass is 933 g/mol. The van der Waals surface area contributed by atoms with Crippen LogP contribution in [-0.2, 0) is 73.7 Å². The zero-order valence-electron chi connectivity index (χ0n) is 39.7. The molecule has 0 spiro atoms. The molecular formula is C46H72N6O14. The summed E-state index contributed by atoms with van der Waals surface area (Å²) in [6.07, 6.45) is 4.23. The Balaban J connectivity index is 1.53. The Labute approximate surface area is 386 Å². The second-order valence-corrected chi connectivity index (χ2v) is 15.9. The van der Waals surface area contributed by atoms with Crippen LogP contribution in [0.5, 0.6) is 0 Å². The quantitative estimate of drug-likeness (QED) is 0.0779. The molecule has 370 valence electrons. The Hall–Kier alpha value is -4.80. The normalized spacial score (nSPS) is 12.3. The number of nitrogens with one attached hydrogen (secondary N) is 2. The molecule has 0 bridgehead atoms. The van der Waals surface area contributed by atoms with E-state index in [1.54, 1.807) is 52.3 Å². The van der Waals surface area contributed by atoms with Gasteiger partial charge in [0.2, 0.25) is 11.8 Å². The maximum absolute atomic E-state index is 13.7. The van der Waals surface area contributed by atoms with Gasteiger partial charge in [-0.3, -0.25) is 37.4 Å². The molecule has 2 atom stereocenters. The van der Waals surface area contributed by atoms with Crippen LogP contribution in [0.15, 0.2) is 55.8 Å². The lowest BCUT2D eigenvalue weighted by Gasteiger charge is -2.17. The Morgan fingerprint density at radius 3 is 1.26 bits per heavy atom. The van der Waals surface area contributed by atoms with Gasteiger partial charge < -0.3 is 48.5 Å². The van der Waals surface area contributed by atoms with Gasteiger partial charge in [-0.05, 0) is 51.7 Å². The number of benzene rings is 1. The van der Waals surface area contributed by atoms with Crippen molar-refractivity contribution in [1.82, 2.24) is 28.9 Å². The third kappa shape index (κ3) is 20.8. The first kappa shape index (κ1) is 55.5. The highest BCUT2D eigenvalue weighted by atomic mass is 16.5. The molecule has 0 saturated carbocycles. The van der Waals surface area contributed by atoms with Crippen molar-refractivity contribution in [3.8, 4) is 0 Å². The molecule has 2 amide bonds. The summed E-state index contributed by atoms with van der Waals surface area (Å²) in [6.45, 7) is 13.3. The maximum atomic E-state index is 13.7. The van der Waals surface area contributed by atoms with Crippen molar-refractivity contribution in [1.29, 1.82) is 0 Å². The highest BCUT2D eigenvalue weighted by molar-refractivity contribution is 5.76. The van der Waals surface area contributed by atoms with Crippen LogP contribution < -0.4 is 33.1 Å². The summed E-state index contributed by atoms with van der Waals surface area (Å²) in [4.78, 5) is 79.8. The predicted octanol–water partition coefficient (Wildman–Crippen LogP) is 1.01. The lowest BCUT2D eigenvalue weighted by atomic mass is 10.1. The number of aryl methyl sites for hydroxylation is 4. The zero-order chi connectivity index (χ0) is 48.1. The Morgan fingerprint density at radius 2 is 0.879 bits per heavy atom. The van der Waals surface area contributed by atoms with Crippen LogP contribution in [0.3, 0.4) is 0 Å². The van der Waals surface area contributed by atoms with Gasteiger partial charge in [0.05, 0.1) is 79.2 Å². The molecule has 2 heterocycles. The van der Waals surface area contributed by atoms with Crippen LogP contribution in [0.1, 0.15) is 61.8 Å². The summed E-state index contributed by atoms with van der Waals surface area (Å²) in [6, 6.07) is 6.39. The maximum Gasteiger partial charge on any atom is 0.331 e. The van der Waals surface area contributed by atoms with Gasteiger partial charge in [-0.25, -0.2) is 9.59 Å². The molecule has 0 radical (unpaired) electrons. The highest BCUT2D eigenvalue weighted by Crippen LogP contribution is 2.11. The summed E-state index contributed by atoms with van der Waals surface area (Å²) in [5, 5.41) is 5.76. The average molecular weight is 933 g/mol. The molecule has 20 nitrogen and oxygen atoms in total. The highest BCUT2D eigenvalue weighted by Gasteiger charge is 2.17. The van der Waals surface area contributed by atoms with Gasteiger partial charge in [0.1, 0.15) is 0 Å². The number of ether oxygens (including phenoxy) is 8. The lowest BCUT2D eigenvalue weighted by molar-refractivity contribution is -0.123. The third-order valence-electron chi connectivity index (χ3n) is 10.1. The molecule has 0 unspecified atom stereocenters. The molecule has 0 fully saturated rings. The van der Waals surface area contributed by atoms with E-state index >= 15 is 0 Å². The minimum Gasteiger partial charge on any atom is -0.382 e. The number of hydrogen-bond acceptors (Lipinski definition) is 14. The number of rotatable bonds is 36. The first-order valence-corrected chi connectivity index (χ1v) is 22.6. The van der Waals surface area contributed by atoms with Crippen LogP contribution >= 0.6 is 0 Å². The van der Waals surface area contributed by atoms with Gasteiger partial charge in [-0.1, -0.05) is 24.3 Å². The molecule has 2 N–H and O–H groups in total. The van der Waals surface area contributed by atoms with E-state index < -0.39 is 22.5 Å². The molecule has 66 heavy (non-hydrogen) atoms. The SMILES string of the molecule is COCCOCCOCCCOC[C@H](C)NC(=O)CCn1cc(C)c(=O)n(Cc2ccccc2Cn2c(=O)c(C)cn(CCC(=O)N[C@@H](C)COCCCOCCOCCOC)c2=O)c1=O. The number of aromatic nitrogens is 4. The first-order chi connectivity index (χ1) is 31.9. The van der Waals surface area contributed by atoms with Crippen LogP contribution in [0.4, 0.5) is 0 Å². The third-order valence-corrected chi connectivity index (χ3v) is 10.1. The topological polar surface area (TPSA) is 220 Å². The number of hydrogen-bond donors (Lipinski definition) is 2. The summed E-state index contributed by atoms with van der Waals surface area (Å²) < 4.78 is 47.7. The Kier molecular flexibility index (Phi) is 26.9. The molecule has 3 rings (SSSR count). The number of methoxy groups -OCH3 is 2. The van der Waals surface area contributed by atoms with Gasteiger partial charge >= 0.3 is 11.4 Å². The Morgan fingerprint density at radius 1 is 0.530 bits per heavy atom. The summed E-state index contributed by atoms with van der Waals surface area (Å²) in [5.74, 6) is -0.564. The molecule has 0 saturated heterocycles. The number of nitrogens with zero attached hydrogens (tertiary/aromatic N) is 4. The molecule has 0 aliphatic carbocycles. The van der Waals surface area contributed by atoms with Crippen molar-refractivity contribution in [2.75, 3.05) is 107 Å². The molecular weight excluding hydrogens is 861 g/mol. The minimum atomic E-state index is -0.608. The molecule has 1 aromatic carbocycles. The second-order valence-electron chi connectivity index (χ2n) is 15.9. The molecule has 0 aliphatic heterocycles. The van der Waals surface area contributed by atoms with Crippen molar-refractivity contribution >= 4 is 11.8 Å². The van der Waals surface area contributed by atoms with E-state index in [9.17, 15) is 28.8 Å². The van der Waals surface area contributed by atoms with E-state index in [-0.39, 0.29) is 62.9 Å². The smallest absolute Gasteiger partial charge is 0.331 e. The molecule has 2 aromatic heterocycles. The average Bonchev–Trinajstić information content (AvgIpc) is 3.29. The summed E-state index contributed by atoms with van der Waals surface area (Å²) in [5.41, 5.74) is -0.520. The van der Waals surface area contributed by atoms with Gasteiger partial charge in [-0.2, -0.15) is 0 Å². The molecule has 0 aliphatic rings. The van der Waals surface area contributed by atoms with Crippen molar-refractivity contribution in [3.63, 3.8) is 0 Å². The van der Waals surface area contributed by atoms with Gasteiger partial charge in [0.25, 0.3) is 11.1 Å². The van der Waals surface area contributed by atoms with E-state index in [1.165, 1.54) is 21.5 Å². The van der Waals surface area contributed by atoms with Crippen molar-refractivity contribution in [2.24, 2.45) is 0 Å². The van der Waals surface area contributed by atoms with Gasteiger partial charge in [0.15, 0.2) is 0 Å². The second kappa shape index (κ2) is 32.0. The van der Waals surface area contributed by atoms with Gasteiger partial charge in [0, 0.05) is 102 Å². The van der Waals surface area contributed by atoms with E-state index in [2.05, 4.69) is 10.6 Å². The van der Waals surface area contributed by atoms with Gasteiger partial charge in [-0.15, -0.1) is 0 Å². The van der Waals surface area contributed by atoms with Crippen molar-refractivity contribution in [2.45, 2.75) is 91.6 Å². The fourth-order valence-electron chi connectivity index (χ4n) is 6.60. The largest absolute Gasteiger partial charge is 0.382 e. The fourth-order valence-corrected chi connectivity index (χ4v) is 6.60. The van der Waals surface area contributed by atoms with Crippen molar-refractivity contribution in [3.05, 3.63) is 101 Å². The van der Waals surface area contributed by atoms with Crippen LogP contribution in [0.2, 0.25) is 0 Å². The van der Waals surface area contributed by atoms with Crippen molar-refractivity contribution < 1.29 is 47.5 Å². The van der Waals surface area contributed by atoms with E-state index in [4.69, 9.17) is 37.9 Å². The fraction of sp³-hybridized carbons (Fsp3) is 0.652. The Bertz CT molecular complexity index is 1990. The standard InChI is InChI=1S/C46H72N6O14/c1-35-29-49(15-13-41(53)47-37(3)33-65-19-9-17-61-25-27-63-23-21-59-5)45(57)51(43(35)55)31-39-11-7-8-12-40(39)32-52-44(56)36(2)30-50(46(52)58)16-14-42(54)48-38(4)34-66-20-10-18-62-26-28-64-24-22-60-6/h7-8,11-12,29-30,37-38H,9-10,13-28,31-34H2,1-6H3,(H,47,53)(H,48,54)/t37-,38-/m0/s1. The van der Waals surface area contributed by atoms with Crippen LogP contribution in [0, 0.1) is 13.8 Å². The lowest BCUT2D eigenvalue weighted by Crippen LogP contribution is -2.43.